The summed E-state index contributed by atoms with van der Waals surface area (Å²) in [6, 6.07) is 12.5. The molecule has 0 atom stereocenters. The van der Waals surface area contributed by atoms with E-state index >= 15 is 0 Å². The fourth-order valence-electron chi connectivity index (χ4n) is 5.43. The average Bonchev–Trinajstić information content (AvgIpc) is 3.13. The molecule has 1 fully saturated rings. The maximum Gasteiger partial charge on any atom is 0.311 e. The van der Waals surface area contributed by atoms with Gasteiger partial charge in [0, 0.05) is 42.3 Å². The lowest BCUT2D eigenvalue weighted by Crippen LogP contribution is -2.45. The van der Waals surface area contributed by atoms with Gasteiger partial charge in [-0.25, -0.2) is 43.1 Å². The van der Waals surface area contributed by atoms with Gasteiger partial charge in [0.15, 0.2) is 0 Å². The molecule has 0 unspecified atom stereocenters. The van der Waals surface area contributed by atoms with E-state index in [0.717, 1.165) is 26.2 Å². The Morgan fingerprint density at radius 2 is 1.05 bits per heavy atom. The third kappa shape index (κ3) is 11.3. The molecule has 0 bridgehead atoms. The Morgan fingerprint density at radius 1 is 0.618 bits per heavy atom. The van der Waals surface area contributed by atoms with Gasteiger partial charge in [-0.1, -0.05) is 11.6 Å². The SMILES string of the molecule is CCOC(=O)Cc1nc(Cl)nc2ccc(F)cc12.CCOC(=O)Cc1nc(N2CCN(C)CC2)nc2ccc(F)cc12.Fc1ccc2nc(Cl)nc(Cl)c2c1. The zero-order valence-electron chi connectivity index (χ0n) is 29.8. The Bertz CT molecular complexity index is 2330. The Labute approximate surface area is 328 Å². The van der Waals surface area contributed by atoms with E-state index in [-0.39, 0.29) is 52.8 Å². The number of fused-ring (bicyclic) bond motifs is 3. The molecule has 0 aliphatic carbocycles. The number of hydrogen-bond acceptors (Lipinski definition) is 12. The summed E-state index contributed by atoms with van der Waals surface area (Å²) in [6.07, 6.45) is -0.0485. The number of anilines is 1. The minimum Gasteiger partial charge on any atom is -0.466 e. The number of hydrogen-bond donors (Lipinski definition) is 0. The summed E-state index contributed by atoms with van der Waals surface area (Å²) in [5, 5.41) is 1.73. The second kappa shape index (κ2) is 19.1. The lowest BCUT2D eigenvalue weighted by Gasteiger charge is -2.32. The molecule has 288 valence electrons. The maximum absolute atomic E-state index is 13.6. The van der Waals surface area contributed by atoms with E-state index in [4.69, 9.17) is 44.3 Å². The van der Waals surface area contributed by atoms with Crippen molar-refractivity contribution in [3.05, 3.63) is 99.2 Å². The fraction of sp³-hybridized carbons (Fsp3) is 0.297. The predicted molar refractivity (Wildman–Crippen MR) is 204 cm³/mol. The lowest BCUT2D eigenvalue weighted by molar-refractivity contribution is -0.143. The second-order valence-electron chi connectivity index (χ2n) is 11.9. The van der Waals surface area contributed by atoms with Crippen LogP contribution in [0.3, 0.4) is 0 Å². The summed E-state index contributed by atoms with van der Waals surface area (Å²) in [4.78, 5) is 52.2. The molecular weight excluding hydrogens is 784 g/mol. The highest BCUT2D eigenvalue weighted by atomic mass is 35.5. The topological polar surface area (TPSA) is 136 Å². The number of benzene rings is 3. The molecule has 7 rings (SSSR count). The highest BCUT2D eigenvalue weighted by Crippen LogP contribution is 2.24. The van der Waals surface area contributed by atoms with E-state index in [0.29, 0.717) is 56.7 Å². The van der Waals surface area contributed by atoms with Gasteiger partial charge in [-0.15, -0.1) is 0 Å². The van der Waals surface area contributed by atoms with Gasteiger partial charge in [0.2, 0.25) is 16.5 Å². The normalized spacial score (nSPS) is 12.9. The zero-order chi connectivity index (χ0) is 39.6. The lowest BCUT2D eigenvalue weighted by atomic mass is 10.1. The molecule has 4 heterocycles. The molecular formula is C37H34Cl3F3N8O4. The minimum atomic E-state index is -0.433. The molecule has 1 aliphatic heterocycles. The minimum absolute atomic E-state index is 0.0110. The summed E-state index contributed by atoms with van der Waals surface area (Å²) in [6.45, 7) is 7.56. The Morgan fingerprint density at radius 3 is 1.56 bits per heavy atom. The smallest absolute Gasteiger partial charge is 0.311 e. The number of likely N-dealkylation sites (N-methyl/N-ethyl adjacent to an activating group) is 1. The maximum atomic E-state index is 13.6. The van der Waals surface area contributed by atoms with Gasteiger partial charge >= 0.3 is 11.9 Å². The summed E-state index contributed by atoms with van der Waals surface area (Å²) >= 11 is 17.1. The fourth-order valence-corrected chi connectivity index (χ4v) is 6.08. The summed E-state index contributed by atoms with van der Waals surface area (Å²) in [5.41, 5.74) is 2.54. The number of esters is 2. The van der Waals surface area contributed by atoms with Crippen molar-refractivity contribution in [2.75, 3.05) is 51.3 Å². The third-order valence-electron chi connectivity index (χ3n) is 8.04. The summed E-state index contributed by atoms with van der Waals surface area (Å²) < 4.78 is 49.4. The predicted octanol–water partition coefficient (Wildman–Crippen LogP) is 7.23. The molecule has 55 heavy (non-hydrogen) atoms. The Hall–Kier alpha value is -4.96. The van der Waals surface area contributed by atoms with Crippen LogP contribution in [0.25, 0.3) is 32.7 Å². The van der Waals surface area contributed by atoms with Crippen LogP contribution in [0, 0.1) is 17.5 Å². The molecule has 0 spiro atoms. The third-order valence-corrected chi connectivity index (χ3v) is 8.66. The van der Waals surface area contributed by atoms with Crippen molar-refractivity contribution in [1.29, 1.82) is 0 Å². The van der Waals surface area contributed by atoms with Gasteiger partial charge in [0.05, 0.1) is 54.0 Å². The largest absolute Gasteiger partial charge is 0.466 e. The first-order valence-corrected chi connectivity index (χ1v) is 18.1. The molecule has 0 amide bonds. The van der Waals surface area contributed by atoms with E-state index < -0.39 is 11.8 Å². The monoisotopic (exact) mass is 816 g/mol. The van der Waals surface area contributed by atoms with Crippen molar-refractivity contribution < 1.29 is 32.2 Å². The van der Waals surface area contributed by atoms with Gasteiger partial charge in [0.25, 0.3) is 0 Å². The van der Waals surface area contributed by atoms with Crippen molar-refractivity contribution in [2.24, 2.45) is 0 Å². The molecule has 0 saturated carbocycles. The van der Waals surface area contributed by atoms with Crippen LogP contribution in [-0.2, 0) is 31.9 Å². The number of ether oxygens (including phenoxy) is 2. The van der Waals surface area contributed by atoms with Crippen LogP contribution in [0.15, 0.2) is 54.6 Å². The van der Waals surface area contributed by atoms with Crippen LogP contribution < -0.4 is 4.90 Å². The van der Waals surface area contributed by atoms with E-state index in [2.05, 4.69) is 46.8 Å². The first-order chi connectivity index (χ1) is 26.3. The van der Waals surface area contributed by atoms with E-state index in [9.17, 15) is 22.8 Å². The number of carbonyl (C=O) groups excluding carboxylic acids is 2. The number of rotatable bonds is 7. The number of halogens is 6. The van der Waals surface area contributed by atoms with Gasteiger partial charge in [-0.3, -0.25) is 9.59 Å². The molecule has 0 radical (unpaired) electrons. The van der Waals surface area contributed by atoms with Crippen molar-refractivity contribution in [3.63, 3.8) is 0 Å². The van der Waals surface area contributed by atoms with Gasteiger partial charge in [0.1, 0.15) is 22.6 Å². The second-order valence-corrected chi connectivity index (χ2v) is 13.0. The molecule has 12 nitrogen and oxygen atoms in total. The van der Waals surface area contributed by atoms with Crippen LogP contribution in [0.2, 0.25) is 15.7 Å². The van der Waals surface area contributed by atoms with Crippen molar-refractivity contribution >= 4 is 85.4 Å². The van der Waals surface area contributed by atoms with Crippen molar-refractivity contribution in [3.8, 4) is 0 Å². The number of nitrogens with zero attached hydrogens (tertiary/aromatic N) is 8. The quantitative estimate of drug-likeness (QED) is 0.0914. The van der Waals surface area contributed by atoms with Crippen LogP contribution in [0.1, 0.15) is 25.2 Å². The van der Waals surface area contributed by atoms with E-state index in [1.54, 1.807) is 19.9 Å². The molecule has 18 heteroatoms. The highest BCUT2D eigenvalue weighted by molar-refractivity contribution is 6.35. The van der Waals surface area contributed by atoms with Crippen LogP contribution >= 0.6 is 34.8 Å². The van der Waals surface area contributed by atoms with Crippen LogP contribution in [0.4, 0.5) is 19.1 Å². The molecule has 3 aromatic carbocycles. The molecule has 3 aromatic heterocycles. The van der Waals surface area contributed by atoms with Crippen LogP contribution in [-0.4, -0.2) is 93.2 Å². The number of aromatic nitrogens is 6. The average molecular weight is 818 g/mol. The molecule has 1 saturated heterocycles. The van der Waals surface area contributed by atoms with E-state index in [1.165, 1.54) is 48.5 Å². The van der Waals surface area contributed by atoms with Crippen LogP contribution in [0.5, 0.6) is 0 Å². The Balaban J connectivity index is 0.000000166. The number of carbonyl (C=O) groups is 2. The first kappa shape index (κ1) is 41.2. The molecule has 6 aromatic rings. The van der Waals surface area contributed by atoms with Gasteiger partial charge in [-0.2, -0.15) is 0 Å². The molecule has 1 aliphatic rings. The first-order valence-electron chi connectivity index (χ1n) is 16.9. The van der Waals surface area contributed by atoms with Gasteiger partial charge < -0.3 is 19.3 Å². The van der Waals surface area contributed by atoms with Crippen molar-refractivity contribution in [2.45, 2.75) is 26.7 Å². The number of piperazine rings is 1. The van der Waals surface area contributed by atoms with Gasteiger partial charge in [-0.05, 0) is 98.7 Å². The summed E-state index contributed by atoms with van der Waals surface area (Å²) in [5.74, 6) is -1.38. The van der Waals surface area contributed by atoms with E-state index in [1.807, 2.05) is 0 Å². The standard InChI is InChI=1S/C17H21FN4O2.C12H10ClFN2O2.C8H3Cl2FN2/c1-3-24-16(23)11-15-13-10-12(18)4-5-14(13)19-17(20-15)22-8-6-21(2)7-9-22;1-2-18-11(17)6-10-8-5-7(14)3-4-9(8)15-12(13)16-10;9-7-5-3-4(11)1-2-6(5)12-8(10)13-7/h4-5,10H,3,6-9,11H2,1-2H3;3-5H,2,6H2,1H3;1-3H. The van der Waals surface area contributed by atoms with Crippen molar-refractivity contribution in [1.82, 2.24) is 34.8 Å². The molecule has 0 N–H and O–H groups in total. The Kier molecular flexibility index (Phi) is 14.3. The zero-order valence-corrected chi connectivity index (χ0v) is 32.1. The summed E-state index contributed by atoms with van der Waals surface area (Å²) in [7, 11) is 2.08. The highest BCUT2D eigenvalue weighted by Gasteiger charge is 2.20.